The first kappa shape index (κ1) is 22.2. The van der Waals surface area contributed by atoms with E-state index in [0.717, 1.165) is 17.7 Å². The molecule has 32 heavy (non-hydrogen) atoms. The molecule has 1 amide bonds. The Morgan fingerprint density at radius 1 is 1.19 bits per heavy atom. The van der Waals surface area contributed by atoms with Crippen LogP contribution in [0.1, 0.15) is 31.6 Å². The smallest absolute Gasteiger partial charge is 0.267 e. The van der Waals surface area contributed by atoms with Gasteiger partial charge in [-0.1, -0.05) is 42.8 Å². The fourth-order valence-electron chi connectivity index (χ4n) is 3.06. The first-order valence-corrected chi connectivity index (χ1v) is 11.6. The number of carbonyl (C=O) groups excluding carboxylic acids is 1. The van der Waals surface area contributed by atoms with Crippen molar-refractivity contribution in [2.75, 3.05) is 0 Å². The molecule has 4 rings (SSSR count). The van der Waals surface area contributed by atoms with Gasteiger partial charge < -0.3 is 9.15 Å². The summed E-state index contributed by atoms with van der Waals surface area (Å²) < 4.78 is 11.3. The molecule has 0 radical (unpaired) electrons. The van der Waals surface area contributed by atoms with E-state index in [1.54, 1.807) is 17.2 Å². The van der Waals surface area contributed by atoms with Crippen molar-refractivity contribution < 1.29 is 13.9 Å². The lowest BCUT2D eigenvalue weighted by molar-refractivity contribution is -0.122. The number of ether oxygens (including phenoxy) is 1. The Kier molecular flexibility index (Phi) is 7.02. The van der Waals surface area contributed by atoms with Crippen molar-refractivity contribution in [2.45, 2.75) is 32.9 Å². The van der Waals surface area contributed by atoms with Crippen LogP contribution in [-0.4, -0.2) is 22.1 Å². The lowest BCUT2D eigenvalue weighted by Crippen LogP contribution is -2.28. The topological polar surface area (TPSA) is 55.0 Å². The molecule has 1 saturated heterocycles. The fourth-order valence-corrected chi connectivity index (χ4v) is 4.29. The number of furan rings is 1. The van der Waals surface area contributed by atoms with Gasteiger partial charge in [0.1, 0.15) is 11.5 Å². The van der Waals surface area contributed by atoms with Gasteiger partial charge in [0, 0.05) is 0 Å². The van der Waals surface area contributed by atoms with Crippen molar-refractivity contribution in [2.24, 2.45) is 4.99 Å². The molecule has 1 unspecified atom stereocenters. The van der Waals surface area contributed by atoms with Gasteiger partial charge in [-0.3, -0.25) is 9.69 Å². The molecular weight excluding hydrogens is 444 g/mol. The van der Waals surface area contributed by atoms with E-state index in [-0.39, 0.29) is 12.0 Å². The summed E-state index contributed by atoms with van der Waals surface area (Å²) in [6.07, 6.45) is 4.39. The van der Waals surface area contributed by atoms with Crippen molar-refractivity contribution in [1.82, 2.24) is 4.90 Å². The molecule has 0 aliphatic carbocycles. The Morgan fingerprint density at radius 3 is 2.69 bits per heavy atom. The summed E-state index contributed by atoms with van der Waals surface area (Å²) in [7, 11) is 0. The van der Waals surface area contributed by atoms with Gasteiger partial charge in [-0.25, -0.2) is 4.99 Å². The Morgan fingerprint density at radius 2 is 2.00 bits per heavy atom. The second-order valence-corrected chi connectivity index (χ2v) is 8.75. The molecule has 5 nitrogen and oxygen atoms in total. The third-order valence-corrected chi connectivity index (χ3v) is 6.22. The van der Waals surface area contributed by atoms with Gasteiger partial charge in [-0.15, -0.1) is 0 Å². The first-order chi connectivity index (χ1) is 15.5. The van der Waals surface area contributed by atoms with Gasteiger partial charge >= 0.3 is 0 Å². The molecule has 164 valence electrons. The Labute approximate surface area is 196 Å². The van der Waals surface area contributed by atoms with Crippen molar-refractivity contribution in [3.8, 4) is 5.75 Å². The first-order valence-electron chi connectivity index (χ1n) is 10.4. The number of carbonyl (C=O) groups is 1. The number of halogens is 1. The molecule has 1 aliphatic rings. The van der Waals surface area contributed by atoms with Gasteiger partial charge in [0.2, 0.25) is 0 Å². The second-order valence-electron chi connectivity index (χ2n) is 7.34. The van der Waals surface area contributed by atoms with E-state index in [2.05, 4.69) is 6.92 Å². The predicted octanol–water partition coefficient (Wildman–Crippen LogP) is 6.91. The molecule has 1 atom stereocenters. The summed E-state index contributed by atoms with van der Waals surface area (Å²) in [5, 5.41) is 1.12. The molecule has 1 fully saturated rings. The maximum atomic E-state index is 13.2. The van der Waals surface area contributed by atoms with Crippen LogP contribution in [0, 0.1) is 0 Å². The Balaban J connectivity index is 1.63. The monoisotopic (exact) mass is 466 g/mol. The molecule has 3 aromatic rings. The maximum absolute atomic E-state index is 13.2. The van der Waals surface area contributed by atoms with Crippen LogP contribution in [0.15, 0.2) is 81.2 Å². The molecule has 0 bridgehead atoms. The SMILES string of the molecule is CCC(C)Oc1ccc(/C=C2/SC(=Nc3ccccc3)N(Cc3ccco3)C2=O)cc1Cl. The second kappa shape index (κ2) is 10.1. The van der Waals surface area contributed by atoms with Crippen molar-refractivity contribution in [3.63, 3.8) is 0 Å². The summed E-state index contributed by atoms with van der Waals surface area (Å²) in [5.74, 6) is 1.20. The standard InChI is InChI=1S/C25H23ClN2O3S/c1-3-17(2)31-22-12-11-18(14-21(22)26)15-23-24(29)28(16-20-10-7-13-30-20)25(32-23)27-19-8-5-4-6-9-19/h4-15,17H,3,16H2,1-2H3/b23-15+,27-25?. The quantitative estimate of drug-likeness (QED) is 0.355. The largest absolute Gasteiger partial charge is 0.489 e. The van der Waals surface area contributed by atoms with Crippen LogP contribution in [-0.2, 0) is 11.3 Å². The van der Waals surface area contributed by atoms with Gasteiger partial charge in [0.15, 0.2) is 5.17 Å². The number of benzene rings is 2. The number of thioether (sulfide) groups is 1. The number of hydrogen-bond acceptors (Lipinski definition) is 5. The highest BCUT2D eigenvalue weighted by atomic mass is 35.5. The molecule has 1 aromatic heterocycles. The zero-order chi connectivity index (χ0) is 22.5. The molecule has 0 spiro atoms. The average molecular weight is 467 g/mol. The van der Waals surface area contributed by atoms with E-state index in [9.17, 15) is 4.79 Å². The minimum absolute atomic E-state index is 0.0792. The molecular formula is C25H23ClN2O3S. The summed E-state index contributed by atoms with van der Waals surface area (Å²) >= 11 is 7.75. The number of aliphatic imine (C=N–C) groups is 1. The Hall–Kier alpha value is -2.96. The zero-order valence-corrected chi connectivity index (χ0v) is 19.4. The van der Waals surface area contributed by atoms with Gasteiger partial charge in [0.25, 0.3) is 5.91 Å². The third-order valence-electron chi connectivity index (χ3n) is 4.92. The van der Waals surface area contributed by atoms with Gasteiger partial charge in [-0.05, 0) is 73.1 Å². The highest BCUT2D eigenvalue weighted by molar-refractivity contribution is 8.18. The minimum atomic E-state index is -0.128. The summed E-state index contributed by atoms with van der Waals surface area (Å²) in [6, 6.07) is 18.8. The van der Waals surface area contributed by atoms with E-state index < -0.39 is 0 Å². The number of amidine groups is 1. The maximum Gasteiger partial charge on any atom is 0.267 e. The van der Waals surface area contributed by atoms with Crippen molar-refractivity contribution in [3.05, 3.63) is 88.2 Å². The van der Waals surface area contributed by atoms with Crippen LogP contribution in [0.5, 0.6) is 5.75 Å². The van der Waals surface area contributed by atoms with Crippen LogP contribution < -0.4 is 4.74 Å². The van der Waals surface area contributed by atoms with E-state index in [4.69, 9.17) is 25.7 Å². The fraction of sp³-hybridized carbons (Fsp3) is 0.200. The van der Waals surface area contributed by atoms with Gasteiger partial charge in [0.05, 0.1) is 34.5 Å². The van der Waals surface area contributed by atoms with Crippen LogP contribution >= 0.6 is 23.4 Å². The van der Waals surface area contributed by atoms with Crippen molar-refractivity contribution in [1.29, 1.82) is 0 Å². The van der Waals surface area contributed by atoms with Crippen LogP contribution in [0.4, 0.5) is 5.69 Å². The molecule has 7 heteroatoms. The number of para-hydroxylation sites is 1. The molecule has 0 saturated carbocycles. The third kappa shape index (κ3) is 5.26. The molecule has 0 N–H and O–H groups in total. The lowest BCUT2D eigenvalue weighted by Gasteiger charge is -2.14. The molecule has 2 aromatic carbocycles. The van der Waals surface area contributed by atoms with Crippen LogP contribution in [0.2, 0.25) is 5.02 Å². The van der Waals surface area contributed by atoms with E-state index >= 15 is 0 Å². The van der Waals surface area contributed by atoms with Crippen LogP contribution in [0.3, 0.4) is 0 Å². The number of amides is 1. The molecule has 1 aliphatic heterocycles. The summed E-state index contributed by atoms with van der Waals surface area (Å²) in [4.78, 5) is 20.1. The highest BCUT2D eigenvalue weighted by Crippen LogP contribution is 2.36. The Bertz CT molecular complexity index is 1140. The summed E-state index contributed by atoms with van der Waals surface area (Å²) in [5.41, 5.74) is 1.60. The predicted molar refractivity (Wildman–Crippen MR) is 130 cm³/mol. The number of rotatable bonds is 7. The normalized spacial score (nSPS) is 17.3. The van der Waals surface area contributed by atoms with E-state index in [0.29, 0.717) is 33.1 Å². The van der Waals surface area contributed by atoms with Gasteiger partial charge in [-0.2, -0.15) is 0 Å². The minimum Gasteiger partial charge on any atom is -0.489 e. The van der Waals surface area contributed by atoms with Crippen molar-refractivity contribution >= 4 is 46.2 Å². The summed E-state index contributed by atoms with van der Waals surface area (Å²) in [6.45, 7) is 4.37. The average Bonchev–Trinajstić information content (AvgIpc) is 3.41. The molecule has 2 heterocycles. The van der Waals surface area contributed by atoms with E-state index in [1.807, 2.05) is 67.6 Å². The van der Waals surface area contributed by atoms with Crippen LogP contribution in [0.25, 0.3) is 6.08 Å². The number of nitrogens with zero attached hydrogens (tertiary/aromatic N) is 2. The zero-order valence-electron chi connectivity index (χ0n) is 17.8. The van der Waals surface area contributed by atoms with E-state index in [1.165, 1.54) is 11.8 Å². The highest BCUT2D eigenvalue weighted by Gasteiger charge is 2.34. The lowest BCUT2D eigenvalue weighted by atomic mass is 10.2. The number of hydrogen-bond donors (Lipinski definition) is 0.